The minimum Gasteiger partial charge on any atom is -0.316 e. The van der Waals surface area contributed by atoms with E-state index >= 15 is 0 Å². The Morgan fingerprint density at radius 3 is 1.75 bits per heavy atom. The first-order valence-corrected chi connectivity index (χ1v) is 6.60. The molecule has 0 aliphatic carbocycles. The summed E-state index contributed by atoms with van der Waals surface area (Å²) in [5, 5.41) is 3.09. The zero-order valence-electron chi connectivity index (χ0n) is 9.64. The molecule has 3 nitrogen and oxygen atoms in total. The van der Waals surface area contributed by atoms with Crippen LogP contribution in [-0.4, -0.2) is 36.3 Å². The fourth-order valence-corrected chi connectivity index (χ4v) is 1.81. The number of piperidine rings is 1. The lowest BCUT2D eigenvalue weighted by atomic mass is 10.1. The molecule has 1 fully saturated rings. The first kappa shape index (κ1) is 15.7. The van der Waals surface area contributed by atoms with Gasteiger partial charge in [0.25, 0.3) is 11.4 Å². The quantitative estimate of drug-likeness (QED) is 0.846. The summed E-state index contributed by atoms with van der Waals surface area (Å²) < 4.78 is 35.7. The minimum absolute atomic E-state index is 0.0648. The van der Waals surface area contributed by atoms with Crippen LogP contribution in [0.1, 0.15) is 26.7 Å². The summed E-state index contributed by atoms with van der Waals surface area (Å²) in [7, 11) is 0. The van der Waals surface area contributed by atoms with Gasteiger partial charge in [-0.15, -0.1) is 11.7 Å². The largest absolute Gasteiger partial charge is 0.316 e. The van der Waals surface area contributed by atoms with Crippen LogP contribution in [0, 0.1) is 0 Å². The molecule has 0 unspecified atom stereocenters. The van der Waals surface area contributed by atoms with Crippen molar-refractivity contribution in [3.63, 3.8) is 0 Å². The van der Waals surface area contributed by atoms with E-state index in [9.17, 15) is 16.5 Å². The number of rotatable bonds is 3. The number of nitrogens with one attached hydrogen (secondary N) is 1. The summed E-state index contributed by atoms with van der Waals surface area (Å²) in [6.45, 7) is 4.91. The van der Waals surface area contributed by atoms with Gasteiger partial charge in [0.1, 0.15) is 5.78 Å². The molecule has 0 atom stereocenters. The van der Waals surface area contributed by atoms with Crippen LogP contribution < -0.4 is 5.32 Å². The van der Waals surface area contributed by atoms with Crippen molar-refractivity contribution >= 4 is 17.2 Å². The van der Waals surface area contributed by atoms with Crippen LogP contribution in [-0.2, 0) is 4.79 Å². The second-order valence-corrected chi connectivity index (χ2v) is 4.57. The van der Waals surface area contributed by atoms with Crippen molar-refractivity contribution in [3.8, 4) is 0 Å². The topological polar surface area (TPSA) is 32.3 Å². The Hall–Kier alpha value is -0.270. The van der Waals surface area contributed by atoms with Crippen molar-refractivity contribution in [1.82, 2.24) is 9.62 Å². The maximum atomic E-state index is 11.7. The van der Waals surface area contributed by atoms with Gasteiger partial charge in [0, 0.05) is 39.0 Å². The van der Waals surface area contributed by atoms with Crippen LogP contribution in [0.3, 0.4) is 0 Å². The van der Waals surface area contributed by atoms with Crippen molar-refractivity contribution in [2.24, 2.45) is 0 Å². The van der Waals surface area contributed by atoms with E-state index in [0.29, 0.717) is 10.1 Å². The lowest BCUT2D eigenvalue weighted by Crippen LogP contribution is -2.27. The molecule has 1 N–H and O–H groups in total. The molecular formula is C9H19F3N2OS. The van der Waals surface area contributed by atoms with Crippen molar-refractivity contribution in [2.45, 2.75) is 26.7 Å². The van der Waals surface area contributed by atoms with Crippen LogP contribution >= 0.6 is 11.4 Å². The third kappa shape index (κ3) is 7.08. The Bertz CT molecular complexity index is 199. The van der Waals surface area contributed by atoms with Gasteiger partial charge in [-0.25, -0.2) is 0 Å². The summed E-state index contributed by atoms with van der Waals surface area (Å²) in [6, 6.07) is 0. The molecule has 0 aromatic rings. The molecule has 1 rings (SSSR count). The van der Waals surface area contributed by atoms with Gasteiger partial charge in [0.15, 0.2) is 0 Å². The lowest BCUT2D eigenvalue weighted by molar-refractivity contribution is -0.119. The number of carbonyl (C=O) groups excluding carboxylic acids is 1. The molecule has 0 aromatic carbocycles. The van der Waals surface area contributed by atoms with Crippen LogP contribution in [0.5, 0.6) is 0 Å². The second kappa shape index (κ2) is 7.92. The average molecular weight is 260 g/mol. The van der Waals surface area contributed by atoms with Gasteiger partial charge in [0.2, 0.25) is 0 Å². The number of hydrogen-bond acceptors (Lipinski definition) is 3. The molecule has 0 bridgehead atoms. The van der Waals surface area contributed by atoms with Gasteiger partial charge in [-0.2, -0.15) is 4.31 Å². The lowest BCUT2D eigenvalue weighted by Gasteiger charge is -2.23. The van der Waals surface area contributed by atoms with E-state index < -0.39 is 11.4 Å². The second-order valence-electron chi connectivity index (χ2n) is 3.28. The first-order valence-electron chi connectivity index (χ1n) is 5.31. The maximum Gasteiger partial charge on any atom is 0.278 e. The van der Waals surface area contributed by atoms with E-state index in [-0.39, 0.29) is 13.1 Å². The molecule has 1 saturated heterocycles. The van der Waals surface area contributed by atoms with Crippen molar-refractivity contribution in [3.05, 3.63) is 0 Å². The molecule has 7 heteroatoms. The molecule has 98 valence electrons. The first-order chi connectivity index (χ1) is 7.41. The van der Waals surface area contributed by atoms with Gasteiger partial charge in [-0.1, -0.05) is 13.8 Å². The van der Waals surface area contributed by atoms with Crippen LogP contribution in [0.15, 0.2) is 0 Å². The summed E-state index contributed by atoms with van der Waals surface area (Å²) in [4.78, 5) is 10.4. The third-order valence-corrected chi connectivity index (χ3v) is 3.26. The van der Waals surface area contributed by atoms with Gasteiger partial charge in [-0.3, -0.25) is 4.79 Å². The highest BCUT2D eigenvalue weighted by Gasteiger charge is 2.27. The van der Waals surface area contributed by atoms with Gasteiger partial charge < -0.3 is 5.32 Å². The van der Waals surface area contributed by atoms with Gasteiger partial charge >= 0.3 is 0 Å². The molecule has 0 radical (unpaired) electrons. The predicted octanol–water partition coefficient (Wildman–Crippen LogP) is 2.64. The summed E-state index contributed by atoms with van der Waals surface area (Å²) >= 11 is -4.93. The number of halogens is 3. The molecular weight excluding hydrogens is 241 g/mol. The number of hydrogen-bond donors (Lipinski definition) is 1. The SMILES string of the molecule is CCN(CC)S(F)(F)F.O=C1CCNCC1. The molecule has 0 aromatic heterocycles. The number of nitrogens with zero attached hydrogens (tertiary/aromatic N) is 1. The van der Waals surface area contributed by atoms with E-state index in [2.05, 4.69) is 5.32 Å². The van der Waals surface area contributed by atoms with E-state index in [1.807, 2.05) is 0 Å². The fourth-order valence-electron chi connectivity index (χ4n) is 1.22. The monoisotopic (exact) mass is 260 g/mol. The number of ketones is 1. The highest BCUT2D eigenvalue weighted by atomic mass is 32.3. The predicted molar refractivity (Wildman–Crippen MR) is 60.9 cm³/mol. The zero-order chi connectivity index (χ0) is 12.6. The molecule has 1 aliphatic rings. The van der Waals surface area contributed by atoms with Crippen LogP contribution in [0.2, 0.25) is 0 Å². The van der Waals surface area contributed by atoms with E-state index in [4.69, 9.17) is 0 Å². The third-order valence-electron chi connectivity index (χ3n) is 2.16. The van der Waals surface area contributed by atoms with E-state index in [1.54, 1.807) is 0 Å². The van der Waals surface area contributed by atoms with E-state index in [1.165, 1.54) is 13.8 Å². The fraction of sp³-hybridized carbons (Fsp3) is 0.889. The Morgan fingerprint density at radius 1 is 1.19 bits per heavy atom. The molecule has 16 heavy (non-hydrogen) atoms. The highest BCUT2D eigenvalue weighted by Crippen LogP contribution is 2.55. The van der Waals surface area contributed by atoms with Crippen molar-refractivity contribution in [1.29, 1.82) is 0 Å². The van der Waals surface area contributed by atoms with Gasteiger partial charge in [-0.05, 0) is 0 Å². The number of carbonyl (C=O) groups is 1. The van der Waals surface area contributed by atoms with Crippen molar-refractivity contribution < 1.29 is 16.5 Å². The Kier molecular flexibility index (Phi) is 7.78. The standard InChI is InChI=1S/C5H9NO.C4H10F3NS/c7-5-1-3-6-4-2-5;1-3-8(4-2)9(5,6)7/h6H,1-4H2;3-4H2,1-2H3. The molecule has 1 heterocycles. The smallest absolute Gasteiger partial charge is 0.278 e. The van der Waals surface area contributed by atoms with Crippen molar-refractivity contribution in [2.75, 3.05) is 26.2 Å². The van der Waals surface area contributed by atoms with Gasteiger partial charge in [0.05, 0.1) is 0 Å². The van der Waals surface area contributed by atoms with Crippen LogP contribution in [0.4, 0.5) is 11.7 Å². The molecule has 0 spiro atoms. The highest BCUT2D eigenvalue weighted by molar-refractivity contribution is 8.18. The summed E-state index contributed by atoms with van der Waals surface area (Å²) in [5.74, 6) is 0.402. The minimum atomic E-state index is -4.93. The van der Waals surface area contributed by atoms with Crippen LogP contribution in [0.25, 0.3) is 0 Å². The zero-order valence-corrected chi connectivity index (χ0v) is 10.5. The number of Topliss-reactive ketones (excluding diaryl/α,β-unsaturated/α-hetero) is 1. The molecule has 0 amide bonds. The molecule has 1 aliphatic heterocycles. The van der Waals surface area contributed by atoms with E-state index in [0.717, 1.165) is 25.9 Å². The Labute approximate surface area is 96.7 Å². The average Bonchev–Trinajstić information content (AvgIpc) is 2.19. The Morgan fingerprint density at radius 2 is 1.62 bits per heavy atom. The molecule has 0 saturated carbocycles. The normalized spacial score (nSPS) is 18.0. The summed E-state index contributed by atoms with van der Waals surface area (Å²) in [5.41, 5.74) is 0. The Balaban J connectivity index is 0.000000288. The maximum absolute atomic E-state index is 11.7. The summed E-state index contributed by atoms with van der Waals surface area (Å²) in [6.07, 6.45) is 1.47.